The summed E-state index contributed by atoms with van der Waals surface area (Å²) in [5.74, 6) is 0.734. The molecule has 6 heteroatoms. The summed E-state index contributed by atoms with van der Waals surface area (Å²) in [7, 11) is 1.54. The molecule has 1 aromatic rings. The molecule has 1 rings (SSSR count). The maximum absolute atomic E-state index is 11.2. The summed E-state index contributed by atoms with van der Waals surface area (Å²) in [5.41, 5.74) is 6.03. The van der Waals surface area contributed by atoms with Gasteiger partial charge in [0.1, 0.15) is 0 Å². The minimum absolute atomic E-state index is 0.0548. The van der Waals surface area contributed by atoms with Gasteiger partial charge in [-0.05, 0) is 24.2 Å². The molecule has 0 aliphatic rings. The van der Waals surface area contributed by atoms with Crippen molar-refractivity contribution in [2.45, 2.75) is 26.0 Å². The number of rotatable bonds is 9. The number of hydrogen-bond acceptors (Lipinski definition) is 5. The molecule has 0 aromatic heterocycles. The summed E-state index contributed by atoms with van der Waals surface area (Å²) in [6.45, 7) is 2.87. The molecule has 0 aliphatic heterocycles. The van der Waals surface area contributed by atoms with Crippen LogP contribution in [0.1, 0.15) is 18.9 Å². The van der Waals surface area contributed by atoms with E-state index in [2.05, 4.69) is 5.32 Å². The number of hydrogen-bond donors (Lipinski definition) is 3. The molecule has 0 heterocycles. The summed E-state index contributed by atoms with van der Waals surface area (Å²) < 4.78 is 10.8. The van der Waals surface area contributed by atoms with Crippen LogP contribution < -0.4 is 20.5 Å². The van der Waals surface area contributed by atoms with Gasteiger partial charge in [0.05, 0.1) is 26.4 Å². The van der Waals surface area contributed by atoms with E-state index >= 15 is 0 Å². The first-order valence-electron chi connectivity index (χ1n) is 6.55. The molecule has 1 unspecified atom stereocenters. The third-order valence-electron chi connectivity index (χ3n) is 2.87. The first-order valence-corrected chi connectivity index (χ1v) is 6.55. The molecule has 0 spiro atoms. The van der Waals surface area contributed by atoms with Crippen molar-refractivity contribution in [2.24, 2.45) is 5.73 Å². The third kappa shape index (κ3) is 4.71. The van der Waals surface area contributed by atoms with E-state index < -0.39 is 11.9 Å². The minimum atomic E-state index is -0.400. The zero-order valence-electron chi connectivity index (χ0n) is 11.9. The van der Waals surface area contributed by atoms with Crippen molar-refractivity contribution in [3.8, 4) is 11.5 Å². The van der Waals surface area contributed by atoms with Gasteiger partial charge in [0, 0.05) is 6.42 Å². The number of aliphatic hydroxyl groups excluding tert-OH is 1. The summed E-state index contributed by atoms with van der Waals surface area (Å²) in [4.78, 5) is 11.2. The fraction of sp³-hybridized carbons (Fsp3) is 0.500. The Morgan fingerprint density at radius 1 is 1.45 bits per heavy atom. The largest absolute Gasteiger partial charge is 0.493 e. The lowest BCUT2D eigenvalue weighted by atomic mass is 10.2. The van der Waals surface area contributed by atoms with Gasteiger partial charge in [-0.25, -0.2) is 0 Å². The van der Waals surface area contributed by atoms with Gasteiger partial charge in [0.2, 0.25) is 5.91 Å². The number of nitrogens with one attached hydrogen (secondary N) is 1. The highest BCUT2D eigenvalue weighted by Crippen LogP contribution is 2.28. The lowest BCUT2D eigenvalue weighted by Crippen LogP contribution is -2.42. The van der Waals surface area contributed by atoms with Gasteiger partial charge in [0.15, 0.2) is 11.5 Å². The average Bonchev–Trinajstić information content (AvgIpc) is 2.46. The van der Waals surface area contributed by atoms with E-state index in [1.807, 2.05) is 6.92 Å². The van der Waals surface area contributed by atoms with Gasteiger partial charge in [-0.2, -0.15) is 0 Å². The van der Waals surface area contributed by atoms with Gasteiger partial charge in [-0.3, -0.25) is 4.79 Å². The molecule has 0 radical (unpaired) electrons. The first kappa shape index (κ1) is 16.3. The molecule has 0 bridgehead atoms. The monoisotopic (exact) mass is 282 g/mol. The zero-order valence-corrected chi connectivity index (χ0v) is 11.9. The van der Waals surface area contributed by atoms with Crippen LogP contribution in [0.3, 0.4) is 0 Å². The highest BCUT2D eigenvalue weighted by atomic mass is 16.5. The van der Waals surface area contributed by atoms with Gasteiger partial charge >= 0.3 is 0 Å². The molecular weight excluding hydrogens is 260 g/mol. The van der Waals surface area contributed by atoms with Crippen LogP contribution in [0.4, 0.5) is 0 Å². The number of methoxy groups -OCH3 is 1. The van der Waals surface area contributed by atoms with E-state index in [1.54, 1.807) is 18.2 Å². The molecule has 0 saturated carbocycles. The maximum atomic E-state index is 11.2. The fourth-order valence-electron chi connectivity index (χ4n) is 1.81. The highest BCUT2D eigenvalue weighted by Gasteiger charge is 2.14. The lowest BCUT2D eigenvalue weighted by molar-refractivity contribution is -0.120. The molecule has 20 heavy (non-hydrogen) atoms. The van der Waals surface area contributed by atoms with Crippen LogP contribution in [-0.2, 0) is 11.4 Å². The van der Waals surface area contributed by atoms with E-state index in [0.29, 0.717) is 31.1 Å². The molecule has 112 valence electrons. The molecule has 4 N–H and O–H groups in total. The van der Waals surface area contributed by atoms with Crippen molar-refractivity contribution in [1.29, 1.82) is 0 Å². The molecule has 0 fully saturated rings. The number of amides is 1. The topological polar surface area (TPSA) is 93.8 Å². The van der Waals surface area contributed by atoms with Gasteiger partial charge in [0.25, 0.3) is 0 Å². The van der Waals surface area contributed by atoms with Crippen LogP contribution in [0, 0.1) is 0 Å². The van der Waals surface area contributed by atoms with Crippen LogP contribution in [0.15, 0.2) is 18.2 Å². The van der Waals surface area contributed by atoms with E-state index in [1.165, 1.54) is 7.11 Å². The number of nitrogens with two attached hydrogens (primary N) is 1. The van der Waals surface area contributed by atoms with E-state index in [9.17, 15) is 4.79 Å². The highest BCUT2D eigenvalue weighted by molar-refractivity contribution is 5.79. The van der Waals surface area contributed by atoms with Crippen LogP contribution in [0.2, 0.25) is 0 Å². The second-order valence-electron chi connectivity index (χ2n) is 4.29. The Morgan fingerprint density at radius 3 is 2.75 bits per heavy atom. The van der Waals surface area contributed by atoms with Gasteiger partial charge in [-0.1, -0.05) is 13.0 Å². The molecule has 6 nitrogen and oxygen atoms in total. The molecular formula is C14H22N2O4. The number of benzene rings is 1. The van der Waals surface area contributed by atoms with Crippen LogP contribution in [-0.4, -0.2) is 37.3 Å². The minimum Gasteiger partial charge on any atom is -0.493 e. The number of carbonyl (C=O) groups is 1. The summed E-state index contributed by atoms with van der Waals surface area (Å²) >= 11 is 0. The van der Waals surface area contributed by atoms with Crippen molar-refractivity contribution < 1.29 is 19.4 Å². The number of primary amides is 1. The maximum Gasteiger partial charge on any atom is 0.234 e. The third-order valence-corrected chi connectivity index (χ3v) is 2.87. The molecule has 1 atom stereocenters. The summed E-state index contributed by atoms with van der Waals surface area (Å²) in [6, 6.07) is 4.80. The molecule has 1 aromatic carbocycles. The second kappa shape index (κ2) is 8.39. The van der Waals surface area contributed by atoms with Crippen molar-refractivity contribution in [3.63, 3.8) is 0 Å². The Morgan fingerprint density at radius 2 is 2.20 bits per heavy atom. The first-order chi connectivity index (χ1) is 9.62. The molecule has 1 amide bonds. The van der Waals surface area contributed by atoms with Crippen LogP contribution in [0.5, 0.6) is 11.5 Å². The molecule has 0 saturated heterocycles. The Hall–Kier alpha value is -1.79. The normalized spacial score (nSPS) is 11.9. The number of ether oxygens (including phenoxy) is 2. The van der Waals surface area contributed by atoms with Gasteiger partial charge < -0.3 is 25.6 Å². The van der Waals surface area contributed by atoms with E-state index in [4.69, 9.17) is 20.3 Å². The standard InChI is InChI=1S/C14H22N2O4/c1-3-16-11(14(15)18)6-7-20-12-5-4-10(9-17)8-13(12)19-2/h4-5,8,11,16-17H,3,6-7,9H2,1-2H3,(H2,15,18). The number of aliphatic hydroxyl groups is 1. The predicted molar refractivity (Wildman–Crippen MR) is 75.7 cm³/mol. The van der Waals surface area contributed by atoms with E-state index in [-0.39, 0.29) is 6.61 Å². The Balaban J connectivity index is 2.58. The quantitative estimate of drug-likeness (QED) is 0.610. The summed E-state index contributed by atoms with van der Waals surface area (Å²) in [5, 5.41) is 12.1. The zero-order chi connectivity index (χ0) is 15.0. The van der Waals surface area contributed by atoms with E-state index in [0.717, 1.165) is 5.56 Å². The van der Waals surface area contributed by atoms with Gasteiger partial charge in [-0.15, -0.1) is 0 Å². The van der Waals surface area contributed by atoms with Crippen molar-refractivity contribution in [2.75, 3.05) is 20.3 Å². The van der Waals surface area contributed by atoms with Crippen molar-refractivity contribution >= 4 is 5.91 Å². The predicted octanol–water partition coefficient (Wildman–Crippen LogP) is 0.420. The van der Waals surface area contributed by atoms with Crippen molar-refractivity contribution in [1.82, 2.24) is 5.32 Å². The average molecular weight is 282 g/mol. The SMILES string of the molecule is CCNC(CCOc1ccc(CO)cc1OC)C(N)=O. The Bertz CT molecular complexity index is 437. The van der Waals surface area contributed by atoms with Crippen LogP contribution >= 0.6 is 0 Å². The van der Waals surface area contributed by atoms with Crippen molar-refractivity contribution in [3.05, 3.63) is 23.8 Å². The Kier molecular flexibility index (Phi) is 6.83. The number of likely N-dealkylation sites (N-methyl/N-ethyl adjacent to an activating group) is 1. The number of carbonyl (C=O) groups excluding carboxylic acids is 1. The smallest absolute Gasteiger partial charge is 0.234 e. The van der Waals surface area contributed by atoms with Crippen LogP contribution in [0.25, 0.3) is 0 Å². The lowest BCUT2D eigenvalue weighted by Gasteiger charge is -2.16. The fourth-order valence-corrected chi connectivity index (χ4v) is 1.81. The molecule has 0 aliphatic carbocycles. The second-order valence-corrected chi connectivity index (χ2v) is 4.29. The Labute approximate surface area is 118 Å². The summed E-state index contributed by atoms with van der Waals surface area (Å²) in [6.07, 6.45) is 0.480.